The van der Waals surface area contributed by atoms with E-state index in [4.69, 9.17) is 5.11 Å². The van der Waals surface area contributed by atoms with Crippen molar-refractivity contribution in [1.82, 2.24) is 0 Å². The minimum Gasteiger partial charge on any atom is -0.550 e. The van der Waals surface area contributed by atoms with Crippen LogP contribution < -0.4 is 56.5 Å². The number of unbranched alkanes of at least 4 members (excludes halogenated alkanes) is 14. The molecule has 0 aliphatic carbocycles. The third-order valence-electron chi connectivity index (χ3n) is 5.33. The second-order valence-electron chi connectivity index (χ2n) is 8.04. The van der Waals surface area contributed by atoms with Crippen LogP contribution in [0.3, 0.4) is 0 Å². The summed E-state index contributed by atoms with van der Waals surface area (Å²) in [5.74, 6) is -3.08. The van der Waals surface area contributed by atoms with E-state index in [0.717, 1.165) is 19.3 Å². The van der Waals surface area contributed by atoms with Crippen LogP contribution in [-0.4, -0.2) is 17.0 Å². The van der Waals surface area contributed by atoms with Gasteiger partial charge in [-0.25, -0.2) is 0 Å². The SMILES string of the molecule is CCCCCC/C=C/CCCCCCCCCCCCC(CC(=O)[O-])C(=O)O.[K+]. The van der Waals surface area contributed by atoms with Crippen molar-refractivity contribution in [3.05, 3.63) is 12.2 Å². The molecule has 1 N–H and O–H groups in total. The van der Waals surface area contributed by atoms with E-state index in [2.05, 4.69) is 19.1 Å². The van der Waals surface area contributed by atoms with Gasteiger partial charge in [-0.05, 0) is 32.1 Å². The van der Waals surface area contributed by atoms with Crippen molar-refractivity contribution in [2.75, 3.05) is 0 Å². The second-order valence-corrected chi connectivity index (χ2v) is 8.04. The molecule has 0 bridgehead atoms. The monoisotopic (exact) mass is 434 g/mol. The number of aliphatic carboxylic acids is 2. The minimum atomic E-state index is -1.27. The molecule has 0 aliphatic heterocycles. The Bertz CT molecular complexity index is 410. The molecule has 0 aromatic heterocycles. The molecule has 29 heavy (non-hydrogen) atoms. The molecule has 0 aliphatic rings. The van der Waals surface area contributed by atoms with Gasteiger partial charge in [0.25, 0.3) is 0 Å². The average Bonchev–Trinajstić information content (AvgIpc) is 2.65. The van der Waals surface area contributed by atoms with E-state index in [1.54, 1.807) is 0 Å². The Morgan fingerprint density at radius 3 is 1.59 bits per heavy atom. The van der Waals surface area contributed by atoms with E-state index in [-0.39, 0.29) is 57.8 Å². The van der Waals surface area contributed by atoms with Gasteiger partial charge in [-0.1, -0.05) is 96.1 Å². The van der Waals surface area contributed by atoms with Gasteiger partial charge in [0, 0.05) is 12.4 Å². The molecule has 0 amide bonds. The van der Waals surface area contributed by atoms with E-state index in [0.29, 0.717) is 6.42 Å². The maximum atomic E-state index is 11.0. The van der Waals surface area contributed by atoms with Gasteiger partial charge < -0.3 is 15.0 Å². The Morgan fingerprint density at radius 2 is 1.17 bits per heavy atom. The molecule has 0 saturated heterocycles. The van der Waals surface area contributed by atoms with Crippen LogP contribution in [0.1, 0.15) is 122 Å². The zero-order chi connectivity index (χ0) is 20.9. The van der Waals surface area contributed by atoms with Crippen molar-refractivity contribution in [2.24, 2.45) is 5.92 Å². The summed E-state index contributed by atoms with van der Waals surface area (Å²) >= 11 is 0. The number of carboxylic acid groups (broad SMARTS) is 2. The summed E-state index contributed by atoms with van der Waals surface area (Å²) < 4.78 is 0. The number of carbonyl (C=O) groups excluding carboxylic acids is 1. The number of carboxylic acids is 2. The first-order valence-electron chi connectivity index (χ1n) is 11.7. The topological polar surface area (TPSA) is 77.4 Å². The Labute approximate surface area is 221 Å². The second kappa shape index (κ2) is 24.6. The predicted molar refractivity (Wildman–Crippen MR) is 114 cm³/mol. The standard InChI is InChI=1S/C24H44O4.K/c1-2-3-4-5-6-7-8-9-10-11-12-13-14-15-16-17-18-19-20-22(24(27)28)21-23(25)26;/h7-8,22H,2-6,9-21H2,1H3,(H,25,26)(H,27,28);/q;+1/p-1/b8-7+;. The van der Waals surface area contributed by atoms with E-state index in [9.17, 15) is 14.7 Å². The van der Waals surface area contributed by atoms with Crippen LogP contribution in [-0.2, 0) is 9.59 Å². The molecule has 164 valence electrons. The molecule has 1 unspecified atom stereocenters. The largest absolute Gasteiger partial charge is 1.00 e. The van der Waals surface area contributed by atoms with Crippen molar-refractivity contribution >= 4 is 11.9 Å². The molecular weight excluding hydrogens is 391 g/mol. The molecule has 0 radical (unpaired) electrons. The Kier molecular flexibility index (Phi) is 26.7. The summed E-state index contributed by atoms with van der Waals surface area (Å²) in [5.41, 5.74) is 0. The number of hydrogen-bond donors (Lipinski definition) is 1. The minimum absolute atomic E-state index is 0. The normalized spacial score (nSPS) is 12.0. The number of rotatable bonds is 21. The third-order valence-corrected chi connectivity index (χ3v) is 5.33. The first-order valence-corrected chi connectivity index (χ1v) is 11.7. The fourth-order valence-corrected chi connectivity index (χ4v) is 3.51. The van der Waals surface area contributed by atoms with E-state index < -0.39 is 17.9 Å². The molecule has 0 heterocycles. The van der Waals surface area contributed by atoms with E-state index in [1.807, 2.05) is 0 Å². The molecular formula is C24H43KO4. The Hall–Kier alpha value is 0.316. The molecule has 0 fully saturated rings. The Balaban J connectivity index is 0. The van der Waals surface area contributed by atoms with Gasteiger partial charge >= 0.3 is 57.4 Å². The average molecular weight is 435 g/mol. The smallest absolute Gasteiger partial charge is 0.550 e. The number of hydrogen-bond acceptors (Lipinski definition) is 3. The van der Waals surface area contributed by atoms with Crippen molar-refractivity contribution in [3.63, 3.8) is 0 Å². The van der Waals surface area contributed by atoms with Crippen molar-refractivity contribution in [3.8, 4) is 0 Å². The summed E-state index contributed by atoms with van der Waals surface area (Å²) in [5, 5.41) is 19.5. The summed E-state index contributed by atoms with van der Waals surface area (Å²) in [7, 11) is 0. The van der Waals surface area contributed by atoms with Crippen molar-refractivity contribution in [2.45, 2.75) is 122 Å². The quantitative estimate of drug-likeness (QED) is 0.171. The fourth-order valence-electron chi connectivity index (χ4n) is 3.51. The molecule has 0 aromatic rings. The molecule has 4 nitrogen and oxygen atoms in total. The number of carbonyl (C=O) groups is 2. The van der Waals surface area contributed by atoms with Crippen LogP contribution in [0.4, 0.5) is 0 Å². The summed E-state index contributed by atoms with van der Waals surface area (Å²) in [6, 6.07) is 0. The fraction of sp³-hybridized carbons (Fsp3) is 0.833. The van der Waals surface area contributed by atoms with E-state index in [1.165, 1.54) is 83.5 Å². The molecule has 0 saturated carbocycles. The van der Waals surface area contributed by atoms with Crippen LogP contribution in [0, 0.1) is 5.92 Å². The van der Waals surface area contributed by atoms with Gasteiger partial charge in [-0.3, -0.25) is 4.79 Å². The summed E-state index contributed by atoms with van der Waals surface area (Å²) in [4.78, 5) is 21.5. The van der Waals surface area contributed by atoms with Crippen LogP contribution in [0.15, 0.2) is 12.2 Å². The maximum absolute atomic E-state index is 11.0. The molecule has 0 rings (SSSR count). The number of allylic oxidation sites excluding steroid dienone is 2. The summed E-state index contributed by atoms with van der Waals surface area (Å²) in [6.07, 6.45) is 24.5. The molecule has 1 atom stereocenters. The van der Waals surface area contributed by atoms with Gasteiger partial charge in [0.2, 0.25) is 0 Å². The van der Waals surface area contributed by atoms with E-state index >= 15 is 0 Å². The van der Waals surface area contributed by atoms with Gasteiger partial charge in [-0.15, -0.1) is 0 Å². The van der Waals surface area contributed by atoms with Crippen molar-refractivity contribution < 1.29 is 71.2 Å². The van der Waals surface area contributed by atoms with Gasteiger partial charge in [0.1, 0.15) is 0 Å². The molecule has 0 spiro atoms. The third kappa shape index (κ3) is 24.5. The van der Waals surface area contributed by atoms with Crippen LogP contribution in [0.2, 0.25) is 0 Å². The molecule has 0 aromatic carbocycles. The first-order chi connectivity index (χ1) is 13.6. The van der Waals surface area contributed by atoms with Crippen molar-refractivity contribution in [1.29, 1.82) is 0 Å². The molecule has 5 heteroatoms. The van der Waals surface area contributed by atoms with Crippen LogP contribution in [0.25, 0.3) is 0 Å². The van der Waals surface area contributed by atoms with Crippen LogP contribution >= 0.6 is 0 Å². The predicted octanol–water partition coefficient (Wildman–Crippen LogP) is 3.04. The van der Waals surface area contributed by atoms with Gasteiger partial charge in [-0.2, -0.15) is 0 Å². The van der Waals surface area contributed by atoms with Crippen LogP contribution in [0.5, 0.6) is 0 Å². The van der Waals surface area contributed by atoms with Gasteiger partial charge in [0.05, 0.1) is 5.92 Å². The zero-order valence-electron chi connectivity index (χ0n) is 19.1. The summed E-state index contributed by atoms with van der Waals surface area (Å²) in [6.45, 7) is 2.25. The maximum Gasteiger partial charge on any atom is 1.00 e. The van der Waals surface area contributed by atoms with Gasteiger partial charge in [0.15, 0.2) is 0 Å². The Morgan fingerprint density at radius 1 is 0.759 bits per heavy atom. The first kappa shape index (κ1) is 31.5. The zero-order valence-corrected chi connectivity index (χ0v) is 22.3.